The molecule has 0 atom stereocenters. The van der Waals surface area contributed by atoms with E-state index in [0.29, 0.717) is 0 Å². The number of benzene rings is 3. The second kappa shape index (κ2) is 6.40. The average Bonchev–Trinajstić information content (AvgIpc) is 3.08. The van der Waals surface area contributed by atoms with Gasteiger partial charge in [0.25, 0.3) is 0 Å². The van der Waals surface area contributed by atoms with Crippen molar-refractivity contribution in [2.24, 2.45) is 0 Å². The zero-order chi connectivity index (χ0) is 17.2. The van der Waals surface area contributed by atoms with Crippen LogP contribution < -0.4 is 0 Å². The number of hydrogen-bond donors (Lipinski definition) is 0. The van der Waals surface area contributed by atoms with Crippen molar-refractivity contribution in [1.29, 1.82) is 0 Å². The van der Waals surface area contributed by atoms with Gasteiger partial charge in [-0.15, -0.1) is 0 Å². The average molecular weight is 324 g/mol. The van der Waals surface area contributed by atoms with E-state index in [1.54, 1.807) is 0 Å². The predicted molar refractivity (Wildman–Crippen MR) is 104 cm³/mol. The lowest BCUT2D eigenvalue weighted by molar-refractivity contribution is 1.04. The molecule has 25 heavy (non-hydrogen) atoms. The second-order valence-corrected chi connectivity index (χ2v) is 6.27. The predicted octanol–water partition coefficient (Wildman–Crippen LogP) is 5.82. The molecule has 0 aliphatic heterocycles. The van der Waals surface area contributed by atoms with Gasteiger partial charge in [-0.25, -0.2) is 4.98 Å². The number of nitrogens with zero attached hydrogens (tertiary/aromatic N) is 2. The van der Waals surface area contributed by atoms with Crippen molar-refractivity contribution in [3.05, 3.63) is 96.2 Å². The molecule has 3 aromatic carbocycles. The molecule has 4 aromatic rings. The molecule has 2 nitrogen and oxygen atoms in total. The molecule has 0 saturated heterocycles. The fourth-order valence-corrected chi connectivity index (χ4v) is 3.34. The van der Waals surface area contributed by atoms with Gasteiger partial charge in [-0.3, -0.25) is 4.57 Å². The minimum Gasteiger partial charge on any atom is -0.292 e. The molecule has 0 N–H and O–H groups in total. The van der Waals surface area contributed by atoms with Crippen LogP contribution in [0.1, 0.15) is 11.1 Å². The summed E-state index contributed by atoms with van der Waals surface area (Å²) in [7, 11) is 0. The lowest BCUT2D eigenvalue weighted by Crippen LogP contribution is -2.04. The molecule has 0 radical (unpaired) electrons. The highest BCUT2D eigenvalue weighted by Crippen LogP contribution is 2.32. The highest BCUT2D eigenvalue weighted by molar-refractivity contribution is 5.71. The molecule has 0 fully saturated rings. The Kier molecular flexibility index (Phi) is 3.95. The van der Waals surface area contributed by atoms with E-state index in [2.05, 4.69) is 85.1 Å². The Hall–Kier alpha value is -3.13. The molecule has 0 aliphatic carbocycles. The second-order valence-electron chi connectivity index (χ2n) is 6.27. The van der Waals surface area contributed by atoms with Crippen molar-refractivity contribution in [3.8, 4) is 28.3 Å². The van der Waals surface area contributed by atoms with Crippen LogP contribution in [0.2, 0.25) is 0 Å². The van der Waals surface area contributed by atoms with Crippen molar-refractivity contribution in [2.75, 3.05) is 0 Å². The van der Waals surface area contributed by atoms with E-state index in [0.717, 1.165) is 17.1 Å². The largest absolute Gasteiger partial charge is 0.292 e. The van der Waals surface area contributed by atoms with E-state index in [-0.39, 0.29) is 0 Å². The quantitative estimate of drug-likeness (QED) is 0.464. The summed E-state index contributed by atoms with van der Waals surface area (Å²) in [6, 6.07) is 27.2. The van der Waals surface area contributed by atoms with Crippen LogP contribution in [0.5, 0.6) is 0 Å². The Morgan fingerprint density at radius 1 is 0.640 bits per heavy atom. The van der Waals surface area contributed by atoms with Gasteiger partial charge in [0, 0.05) is 11.1 Å². The molecule has 0 amide bonds. The van der Waals surface area contributed by atoms with Crippen LogP contribution in [0.4, 0.5) is 0 Å². The lowest BCUT2D eigenvalue weighted by Gasteiger charge is -2.17. The molecule has 2 heteroatoms. The molecule has 0 bridgehead atoms. The maximum absolute atomic E-state index is 4.78. The first-order valence-corrected chi connectivity index (χ1v) is 8.51. The maximum atomic E-state index is 4.78. The number of aryl methyl sites for hydroxylation is 2. The third kappa shape index (κ3) is 2.76. The van der Waals surface area contributed by atoms with E-state index in [9.17, 15) is 0 Å². The Morgan fingerprint density at radius 2 is 1.20 bits per heavy atom. The third-order valence-electron chi connectivity index (χ3n) is 4.53. The van der Waals surface area contributed by atoms with Gasteiger partial charge in [-0.1, -0.05) is 78.9 Å². The first-order chi connectivity index (χ1) is 12.3. The van der Waals surface area contributed by atoms with Gasteiger partial charge in [0.2, 0.25) is 0 Å². The fourth-order valence-electron chi connectivity index (χ4n) is 3.34. The fraction of sp³-hybridized carbons (Fsp3) is 0.0870. The van der Waals surface area contributed by atoms with Crippen molar-refractivity contribution >= 4 is 0 Å². The summed E-state index contributed by atoms with van der Waals surface area (Å²) in [4.78, 5) is 4.78. The molecule has 4 rings (SSSR count). The summed E-state index contributed by atoms with van der Waals surface area (Å²) >= 11 is 0. The van der Waals surface area contributed by atoms with Gasteiger partial charge >= 0.3 is 0 Å². The normalized spacial score (nSPS) is 10.8. The third-order valence-corrected chi connectivity index (χ3v) is 4.53. The number of imidazole rings is 1. The van der Waals surface area contributed by atoms with Crippen LogP contribution in [0, 0.1) is 13.8 Å². The van der Waals surface area contributed by atoms with Crippen LogP contribution in [0.15, 0.2) is 85.1 Å². The smallest absolute Gasteiger partial charge is 0.145 e. The molecule has 0 spiro atoms. The zero-order valence-electron chi connectivity index (χ0n) is 14.5. The Bertz CT molecular complexity index is 922. The van der Waals surface area contributed by atoms with Crippen molar-refractivity contribution < 1.29 is 0 Å². The molecular weight excluding hydrogens is 304 g/mol. The van der Waals surface area contributed by atoms with E-state index in [1.165, 1.54) is 22.4 Å². The Morgan fingerprint density at radius 3 is 1.80 bits per heavy atom. The van der Waals surface area contributed by atoms with Crippen LogP contribution >= 0.6 is 0 Å². The Balaban J connectivity index is 2.04. The monoisotopic (exact) mass is 324 g/mol. The minimum atomic E-state index is 0.969. The van der Waals surface area contributed by atoms with Gasteiger partial charge < -0.3 is 0 Å². The molecule has 1 aromatic heterocycles. The molecule has 0 saturated carbocycles. The minimum absolute atomic E-state index is 0.969. The number of hydrogen-bond acceptors (Lipinski definition) is 1. The van der Waals surface area contributed by atoms with Gasteiger partial charge in [0.1, 0.15) is 5.82 Å². The van der Waals surface area contributed by atoms with Crippen molar-refractivity contribution in [3.63, 3.8) is 0 Å². The molecule has 122 valence electrons. The summed E-state index contributed by atoms with van der Waals surface area (Å²) in [5.74, 6) is 0.969. The highest BCUT2D eigenvalue weighted by Gasteiger charge is 2.17. The van der Waals surface area contributed by atoms with Gasteiger partial charge in [-0.05, 0) is 25.0 Å². The lowest BCUT2D eigenvalue weighted by atomic mass is 10.1. The first kappa shape index (κ1) is 15.4. The zero-order valence-corrected chi connectivity index (χ0v) is 14.5. The van der Waals surface area contributed by atoms with E-state index in [1.807, 2.05) is 18.3 Å². The van der Waals surface area contributed by atoms with Gasteiger partial charge in [0.15, 0.2) is 0 Å². The van der Waals surface area contributed by atoms with Gasteiger partial charge in [-0.2, -0.15) is 0 Å². The van der Waals surface area contributed by atoms with Gasteiger partial charge in [0.05, 0.1) is 17.6 Å². The number of aromatic nitrogens is 2. The van der Waals surface area contributed by atoms with Crippen molar-refractivity contribution in [2.45, 2.75) is 13.8 Å². The summed E-state index contributed by atoms with van der Waals surface area (Å²) in [6.07, 6.45) is 1.98. The van der Waals surface area contributed by atoms with Crippen molar-refractivity contribution in [1.82, 2.24) is 9.55 Å². The van der Waals surface area contributed by atoms with Crippen LogP contribution in [-0.2, 0) is 0 Å². The van der Waals surface area contributed by atoms with E-state index in [4.69, 9.17) is 4.98 Å². The SMILES string of the molecule is Cc1cccc(C)c1-n1c(-c2ccccc2)cnc1-c1ccccc1. The maximum Gasteiger partial charge on any atom is 0.145 e. The summed E-state index contributed by atoms with van der Waals surface area (Å²) in [5, 5.41) is 0. The molecular formula is C23H20N2. The number of para-hydroxylation sites is 1. The summed E-state index contributed by atoms with van der Waals surface area (Å²) in [5.41, 5.74) is 7.08. The Labute approximate surface area is 148 Å². The van der Waals surface area contributed by atoms with E-state index >= 15 is 0 Å². The first-order valence-electron chi connectivity index (χ1n) is 8.51. The summed E-state index contributed by atoms with van der Waals surface area (Å²) in [6.45, 7) is 4.32. The molecule has 1 heterocycles. The highest BCUT2D eigenvalue weighted by atomic mass is 15.1. The number of rotatable bonds is 3. The topological polar surface area (TPSA) is 17.8 Å². The van der Waals surface area contributed by atoms with Crippen LogP contribution in [0.25, 0.3) is 28.3 Å². The van der Waals surface area contributed by atoms with Crippen LogP contribution in [0.3, 0.4) is 0 Å². The molecule has 0 aliphatic rings. The van der Waals surface area contributed by atoms with Crippen LogP contribution in [-0.4, -0.2) is 9.55 Å². The van der Waals surface area contributed by atoms with E-state index < -0.39 is 0 Å². The molecule has 0 unspecified atom stereocenters. The summed E-state index contributed by atoms with van der Waals surface area (Å²) < 4.78 is 2.29. The standard InChI is InChI=1S/C23H20N2/c1-17-10-9-11-18(2)22(17)25-21(19-12-5-3-6-13-19)16-24-23(25)20-14-7-4-8-15-20/h3-16H,1-2H3.